The minimum Gasteiger partial charge on any atom is -0.393 e. The summed E-state index contributed by atoms with van der Waals surface area (Å²) in [5.41, 5.74) is 2.87. The van der Waals surface area contributed by atoms with Gasteiger partial charge in [-0.1, -0.05) is 0 Å². The van der Waals surface area contributed by atoms with E-state index in [1.807, 2.05) is 18.3 Å². The molecule has 3 nitrogen and oxygen atoms in total. The van der Waals surface area contributed by atoms with Crippen molar-refractivity contribution in [2.45, 2.75) is 25.9 Å². The summed E-state index contributed by atoms with van der Waals surface area (Å²) in [6.07, 6.45) is 3.23. The second kappa shape index (κ2) is 4.38. The van der Waals surface area contributed by atoms with E-state index in [4.69, 9.17) is 5.26 Å². The molecule has 0 spiro atoms. The topological polar surface area (TPSA) is 59.8 Å². The molecule has 2 rings (SSSR count). The standard InChI is InChI=1S/C13H14N2O/c1-9(16)2-4-11-8-15-13-5-3-10(7-14)6-12(11)13/h3,5-6,8-9,15-16H,2,4H2,1H3/t9-/m0/s1. The minimum atomic E-state index is -0.288. The van der Waals surface area contributed by atoms with E-state index in [-0.39, 0.29) is 6.10 Å². The van der Waals surface area contributed by atoms with Crippen LogP contribution in [-0.4, -0.2) is 16.2 Å². The van der Waals surface area contributed by atoms with Crippen LogP contribution in [0.25, 0.3) is 10.9 Å². The molecule has 1 aromatic carbocycles. The predicted molar refractivity (Wildman–Crippen MR) is 63.0 cm³/mol. The Labute approximate surface area is 94.3 Å². The first-order chi connectivity index (χ1) is 7.70. The molecule has 0 unspecified atom stereocenters. The van der Waals surface area contributed by atoms with Crippen LogP contribution in [0.5, 0.6) is 0 Å². The first-order valence-corrected chi connectivity index (χ1v) is 5.39. The van der Waals surface area contributed by atoms with Crippen molar-refractivity contribution < 1.29 is 5.11 Å². The smallest absolute Gasteiger partial charge is 0.0991 e. The second-order valence-corrected chi connectivity index (χ2v) is 4.07. The molecule has 0 radical (unpaired) electrons. The third kappa shape index (κ3) is 2.07. The van der Waals surface area contributed by atoms with Crippen molar-refractivity contribution in [3.63, 3.8) is 0 Å². The summed E-state index contributed by atoms with van der Waals surface area (Å²) in [5.74, 6) is 0. The zero-order chi connectivity index (χ0) is 11.5. The lowest BCUT2D eigenvalue weighted by Crippen LogP contribution is -2.00. The van der Waals surface area contributed by atoms with Gasteiger partial charge in [0.2, 0.25) is 0 Å². The van der Waals surface area contributed by atoms with Crippen LogP contribution in [0, 0.1) is 11.3 Å². The van der Waals surface area contributed by atoms with Gasteiger partial charge in [0.05, 0.1) is 17.7 Å². The molecule has 0 aliphatic carbocycles. The zero-order valence-electron chi connectivity index (χ0n) is 9.20. The lowest BCUT2D eigenvalue weighted by molar-refractivity contribution is 0.185. The number of aliphatic hydroxyl groups excluding tert-OH is 1. The minimum absolute atomic E-state index is 0.288. The number of nitriles is 1. The van der Waals surface area contributed by atoms with Crippen LogP contribution in [-0.2, 0) is 6.42 Å². The van der Waals surface area contributed by atoms with Crippen LogP contribution in [0.1, 0.15) is 24.5 Å². The van der Waals surface area contributed by atoms with Crippen LogP contribution in [0.2, 0.25) is 0 Å². The number of aliphatic hydroxyl groups is 1. The van der Waals surface area contributed by atoms with E-state index in [1.54, 1.807) is 13.0 Å². The number of H-pyrrole nitrogens is 1. The monoisotopic (exact) mass is 214 g/mol. The Morgan fingerprint density at radius 2 is 2.31 bits per heavy atom. The quantitative estimate of drug-likeness (QED) is 0.823. The number of rotatable bonds is 3. The highest BCUT2D eigenvalue weighted by atomic mass is 16.3. The number of benzene rings is 1. The number of aromatic nitrogens is 1. The SMILES string of the molecule is C[C@H](O)CCc1c[nH]c2ccc(C#N)cc12. The van der Waals surface area contributed by atoms with Crippen LogP contribution < -0.4 is 0 Å². The number of fused-ring (bicyclic) bond motifs is 1. The fourth-order valence-corrected chi connectivity index (χ4v) is 1.82. The molecule has 16 heavy (non-hydrogen) atoms. The highest BCUT2D eigenvalue weighted by molar-refractivity contribution is 5.84. The number of hydrogen-bond donors (Lipinski definition) is 2. The number of hydrogen-bond acceptors (Lipinski definition) is 2. The molecule has 2 aromatic rings. The molecule has 0 aliphatic rings. The van der Waals surface area contributed by atoms with Crippen molar-refractivity contribution in [1.29, 1.82) is 5.26 Å². The Balaban J connectivity index is 2.35. The van der Waals surface area contributed by atoms with E-state index in [2.05, 4.69) is 11.1 Å². The second-order valence-electron chi connectivity index (χ2n) is 4.07. The Morgan fingerprint density at radius 1 is 1.50 bits per heavy atom. The molecule has 3 heteroatoms. The number of nitrogens with zero attached hydrogens (tertiary/aromatic N) is 1. The van der Waals surface area contributed by atoms with Gasteiger partial charge in [-0.25, -0.2) is 0 Å². The highest BCUT2D eigenvalue weighted by Crippen LogP contribution is 2.21. The van der Waals surface area contributed by atoms with Crippen molar-refractivity contribution in [3.8, 4) is 6.07 Å². The predicted octanol–water partition coefficient (Wildman–Crippen LogP) is 2.35. The summed E-state index contributed by atoms with van der Waals surface area (Å²) in [7, 11) is 0. The first kappa shape index (κ1) is 10.7. The summed E-state index contributed by atoms with van der Waals surface area (Å²) in [6, 6.07) is 7.75. The van der Waals surface area contributed by atoms with E-state index in [0.29, 0.717) is 5.56 Å². The molecule has 0 amide bonds. The van der Waals surface area contributed by atoms with Gasteiger partial charge in [0.25, 0.3) is 0 Å². The van der Waals surface area contributed by atoms with Gasteiger partial charge in [-0.2, -0.15) is 5.26 Å². The highest BCUT2D eigenvalue weighted by Gasteiger charge is 2.05. The lowest BCUT2D eigenvalue weighted by atomic mass is 10.0. The molecule has 0 aliphatic heterocycles. The van der Waals surface area contributed by atoms with E-state index in [0.717, 1.165) is 29.3 Å². The third-order valence-corrected chi connectivity index (χ3v) is 2.73. The molecule has 82 valence electrons. The van der Waals surface area contributed by atoms with E-state index < -0.39 is 0 Å². The normalized spacial score (nSPS) is 12.6. The Bertz CT molecular complexity index is 534. The van der Waals surface area contributed by atoms with Crippen LogP contribution in [0.4, 0.5) is 0 Å². The zero-order valence-corrected chi connectivity index (χ0v) is 9.20. The molecule has 2 N–H and O–H groups in total. The maximum absolute atomic E-state index is 9.26. The molecule has 1 aromatic heterocycles. The molecular formula is C13H14N2O. The molecule has 0 bridgehead atoms. The molecular weight excluding hydrogens is 200 g/mol. The summed E-state index contributed by atoms with van der Waals surface area (Å²) in [4.78, 5) is 3.17. The Hall–Kier alpha value is -1.79. The van der Waals surface area contributed by atoms with Crippen LogP contribution >= 0.6 is 0 Å². The fourth-order valence-electron chi connectivity index (χ4n) is 1.82. The average Bonchev–Trinajstić information content (AvgIpc) is 2.68. The summed E-state index contributed by atoms with van der Waals surface area (Å²) in [6.45, 7) is 1.79. The van der Waals surface area contributed by atoms with Gasteiger partial charge in [0.15, 0.2) is 0 Å². The third-order valence-electron chi connectivity index (χ3n) is 2.73. The average molecular weight is 214 g/mol. The Morgan fingerprint density at radius 3 is 3.00 bits per heavy atom. The molecule has 0 saturated heterocycles. The molecule has 1 heterocycles. The molecule has 1 atom stereocenters. The fraction of sp³-hybridized carbons (Fsp3) is 0.308. The number of aromatic amines is 1. The van der Waals surface area contributed by atoms with Crippen molar-refractivity contribution >= 4 is 10.9 Å². The van der Waals surface area contributed by atoms with Crippen molar-refractivity contribution in [1.82, 2.24) is 4.98 Å². The van der Waals surface area contributed by atoms with Gasteiger partial charge in [0.1, 0.15) is 0 Å². The maximum atomic E-state index is 9.26. The van der Waals surface area contributed by atoms with Crippen molar-refractivity contribution in [2.75, 3.05) is 0 Å². The Kier molecular flexibility index (Phi) is 2.93. The largest absolute Gasteiger partial charge is 0.393 e. The number of aryl methyl sites for hydroxylation is 1. The first-order valence-electron chi connectivity index (χ1n) is 5.39. The van der Waals surface area contributed by atoms with Gasteiger partial charge in [0, 0.05) is 17.1 Å². The van der Waals surface area contributed by atoms with E-state index in [9.17, 15) is 5.11 Å². The van der Waals surface area contributed by atoms with Crippen molar-refractivity contribution in [3.05, 3.63) is 35.5 Å². The molecule has 0 fully saturated rings. The summed E-state index contributed by atoms with van der Waals surface area (Å²) in [5, 5.41) is 19.2. The van der Waals surface area contributed by atoms with Crippen LogP contribution in [0.3, 0.4) is 0 Å². The summed E-state index contributed by atoms with van der Waals surface area (Å²) >= 11 is 0. The van der Waals surface area contributed by atoms with Gasteiger partial charge in [-0.15, -0.1) is 0 Å². The number of nitrogens with one attached hydrogen (secondary N) is 1. The van der Waals surface area contributed by atoms with Crippen molar-refractivity contribution in [2.24, 2.45) is 0 Å². The van der Waals surface area contributed by atoms with Gasteiger partial charge in [-0.3, -0.25) is 0 Å². The van der Waals surface area contributed by atoms with Gasteiger partial charge in [-0.05, 0) is 43.5 Å². The summed E-state index contributed by atoms with van der Waals surface area (Å²) < 4.78 is 0. The van der Waals surface area contributed by atoms with E-state index in [1.165, 1.54) is 0 Å². The van der Waals surface area contributed by atoms with E-state index >= 15 is 0 Å². The van der Waals surface area contributed by atoms with Crippen LogP contribution in [0.15, 0.2) is 24.4 Å². The van der Waals surface area contributed by atoms with Gasteiger partial charge < -0.3 is 10.1 Å². The maximum Gasteiger partial charge on any atom is 0.0991 e. The molecule has 0 saturated carbocycles. The lowest BCUT2D eigenvalue weighted by Gasteiger charge is -2.02. The van der Waals surface area contributed by atoms with Gasteiger partial charge >= 0.3 is 0 Å².